The van der Waals surface area contributed by atoms with E-state index in [1.165, 1.54) is 0 Å². The zero-order chi connectivity index (χ0) is 18.0. The lowest BCUT2D eigenvalue weighted by Gasteiger charge is -2.29. The molecular formula is C18H15Cl2N3O2. The fourth-order valence-electron chi connectivity index (χ4n) is 2.68. The van der Waals surface area contributed by atoms with Gasteiger partial charge in [0.15, 0.2) is 0 Å². The third kappa shape index (κ3) is 3.78. The van der Waals surface area contributed by atoms with Crippen molar-refractivity contribution >= 4 is 40.8 Å². The Morgan fingerprint density at radius 2 is 1.84 bits per heavy atom. The van der Waals surface area contributed by atoms with Gasteiger partial charge >= 0.3 is 6.03 Å². The number of para-hydroxylation sites is 1. The van der Waals surface area contributed by atoms with Gasteiger partial charge in [-0.05, 0) is 36.8 Å². The molecule has 1 aliphatic rings. The molecule has 3 N–H and O–H groups in total. The summed E-state index contributed by atoms with van der Waals surface area (Å²) in [6.45, 7) is 1.68. The Labute approximate surface area is 155 Å². The summed E-state index contributed by atoms with van der Waals surface area (Å²) >= 11 is 12.2. The van der Waals surface area contributed by atoms with Crippen molar-refractivity contribution < 1.29 is 9.59 Å². The number of nitrogens with one attached hydrogen (secondary N) is 3. The van der Waals surface area contributed by atoms with E-state index in [-0.39, 0.29) is 5.91 Å². The highest BCUT2D eigenvalue weighted by atomic mass is 35.5. The molecule has 0 aromatic heterocycles. The predicted octanol–water partition coefficient (Wildman–Crippen LogP) is 4.26. The van der Waals surface area contributed by atoms with Crippen molar-refractivity contribution in [2.24, 2.45) is 0 Å². The van der Waals surface area contributed by atoms with Gasteiger partial charge in [-0.2, -0.15) is 0 Å². The largest absolute Gasteiger partial charge is 0.327 e. The molecule has 25 heavy (non-hydrogen) atoms. The third-order valence-electron chi connectivity index (χ3n) is 3.82. The second kappa shape index (κ2) is 7.17. The number of halogens is 2. The van der Waals surface area contributed by atoms with Crippen molar-refractivity contribution in [1.82, 2.24) is 10.6 Å². The fraction of sp³-hybridized carbons (Fsp3) is 0.111. The standard InChI is InChI=1S/C18H15Cl2N3O2/c1-10-15(17(24)22-12-5-3-2-4-6-12)16(23-18(25)21-10)13-8-7-11(19)9-14(13)20/h2-9,16H,1H3,(H,22,24)(H2,21,23,25)/t16-/m0/s1. The third-order valence-corrected chi connectivity index (χ3v) is 4.38. The number of rotatable bonds is 3. The molecule has 3 amide bonds. The van der Waals surface area contributed by atoms with Gasteiger partial charge in [0.2, 0.25) is 0 Å². The smallest absolute Gasteiger partial charge is 0.319 e. The zero-order valence-electron chi connectivity index (χ0n) is 13.3. The Morgan fingerprint density at radius 3 is 2.52 bits per heavy atom. The normalized spacial score (nSPS) is 16.9. The number of carbonyl (C=O) groups excluding carboxylic acids is 2. The van der Waals surface area contributed by atoms with Gasteiger partial charge in [0.25, 0.3) is 5.91 Å². The fourth-order valence-corrected chi connectivity index (χ4v) is 3.20. The Morgan fingerprint density at radius 1 is 1.12 bits per heavy atom. The van der Waals surface area contributed by atoms with E-state index in [2.05, 4.69) is 16.0 Å². The molecule has 0 fully saturated rings. The molecule has 0 unspecified atom stereocenters. The summed E-state index contributed by atoms with van der Waals surface area (Å²) in [6.07, 6.45) is 0. The van der Waals surface area contributed by atoms with Crippen LogP contribution in [0.15, 0.2) is 59.8 Å². The zero-order valence-corrected chi connectivity index (χ0v) is 14.8. The van der Waals surface area contributed by atoms with E-state index in [4.69, 9.17) is 23.2 Å². The van der Waals surface area contributed by atoms with Crippen LogP contribution in [0, 0.1) is 0 Å². The highest BCUT2D eigenvalue weighted by Gasteiger charge is 2.32. The summed E-state index contributed by atoms with van der Waals surface area (Å²) in [4.78, 5) is 24.7. The first kappa shape index (κ1) is 17.3. The Balaban J connectivity index is 1.99. The monoisotopic (exact) mass is 375 g/mol. The molecule has 2 aromatic carbocycles. The van der Waals surface area contributed by atoms with E-state index in [1.807, 2.05) is 18.2 Å². The van der Waals surface area contributed by atoms with Crippen LogP contribution in [0.4, 0.5) is 10.5 Å². The summed E-state index contributed by atoms with van der Waals surface area (Å²) in [5.41, 5.74) is 2.10. The van der Waals surface area contributed by atoms with Crippen LogP contribution in [-0.2, 0) is 4.79 Å². The lowest BCUT2D eigenvalue weighted by atomic mass is 9.94. The maximum Gasteiger partial charge on any atom is 0.319 e. The predicted molar refractivity (Wildman–Crippen MR) is 98.6 cm³/mol. The van der Waals surface area contributed by atoms with Gasteiger partial charge in [-0.15, -0.1) is 0 Å². The van der Waals surface area contributed by atoms with E-state index in [1.54, 1.807) is 37.3 Å². The van der Waals surface area contributed by atoms with Crippen molar-refractivity contribution in [1.29, 1.82) is 0 Å². The average Bonchev–Trinajstić information content (AvgIpc) is 2.54. The van der Waals surface area contributed by atoms with Crippen LogP contribution >= 0.6 is 23.2 Å². The van der Waals surface area contributed by atoms with E-state index in [9.17, 15) is 9.59 Å². The molecule has 7 heteroatoms. The van der Waals surface area contributed by atoms with Crippen LogP contribution in [0.25, 0.3) is 0 Å². The van der Waals surface area contributed by atoms with Crippen LogP contribution in [0.5, 0.6) is 0 Å². The van der Waals surface area contributed by atoms with E-state index >= 15 is 0 Å². The van der Waals surface area contributed by atoms with Crippen molar-refractivity contribution in [3.8, 4) is 0 Å². The minimum atomic E-state index is -0.678. The molecule has 0 bridgehead atoms. The number of hydrogen-bond donors (Lipinski definition) is 3. The van der Waals surface area contributed by atoms with Gasteiger partial charge in [0, 0.05) is 21.4 Å². The van der Waals surface area contributed by atoms with Gasteiger partial charge < -0.3 is 16.0 Å². The van der Waals surface area contributed by atoms with Crippen LogP contribution in [0.2, 0.25) is 10.0 Å². The Bertz CT molecular complexity index is 866. The molecule has 0 aliphatic carbocycles. The first-order valence-corrected chi connectivity index (χ1v) is 8.31. The van der Waals surface area contributed by atoms with Gasteiger partial charge in [-0.1, -0.05) is 47.5 Å². The molecule has 1 atom stereocenters. The molecule has 0 saturated heterocycles. The molecule has 0 spiro atoms. The number of urea groups is 1. The van der Waals surface area contributed by atoms with Crippen molar-refractivity contribution in [2.75, 3.05) is 5.32 Å². The molecule has 0 saturated carbocycles. The van der Waals surface area contributed by atoms with Gasteiger partial charge in [-0.25, -0.2) is 4.79 Å². The summed E-state index contributed by atoms with van der Waals surface area (Å²) in [6, 6.07) is 12.9. The summed E-state index contributed by atoms with van der Waals surface area (Å²) in [7, 11) is 0. The number of benzene rings is 2. The number of carbonyl (C=O) groups is 2. The van der Waals surface area contributed by atoms with E-state index in [0.29, 0.717) is 32.6 Å². The summed E-state index contributed by atoms with van der Waals surface area (Å²) in [5, 5.41) is 9.05. The van der Waals surface area contributed by atoms with Crippen molar-refractivity contribution in [2.45, 2.75) is 13.0 Å². The minimum Gasteiger partial charge on any atom is -0.327 e. The molecule has 5 nitrogen and oxygen atoms in total. The second-order valence-corrected chi connectivity index (χ2v) is 6.40. The molecule has 1 heterocycles. The van der Waals surface area contributed by atoms with Gasteiger partial charge in [-0.3, -0.25) is 4.79 Å². The van der Waals surface area contributed by atoms with Crippen LogP contribution in [-0.4, -0.2) is 11.9 Å². The average molecular weight is 376 g/mol. The second-order valence-electron chi connectivity index (χ2n) is 5.56. The highest BCUT2D eigenvalue weighted by molar-refractivity contribution is 6.35. The molecular weight excluding hydrogens is 361 g/mol. The first-order valence-electron chi connectivity index (χ1n) is 7.55. The SMILES string of the molecule is CC1=C(C(=O)Nc2ccccc2)[C@H](c2ccc(Cl)cc2Cl)NC(=O)N1. The topological polar surface area (TPSA) is 70.2 Å². The molecule has 1 aliphatic heterocycles. The van der Waals surface area contributed by atoms with Crippen LogP contribution in [0.3, 0.4) is 0 Å². The summed E-state index contributed by atoms with van der Waals surface area (Å²) < 4.78 is 0. The number of hydrogen-bond acceptors (Lipinski definition) is 2. The van der Waals surface area contributed by atoms with Crippen molar-refractivity contribution in [3.63, 3.8) is 0 Å². The number of anilines is 1. The minimum absolute atomic E-state index is 0.327. The summed E-state index contributed by atoms with van der Waals surface area (Å²) in [5.74, 6) is -0.327. The van der Waals surface area contributed by atoms with Crippen LogP contribution < -0.4 is 16.0 Å². The lowest BCUT2D eigenvalue weighted by Crippen LogP contribution is -2.46. The maximum absolute atomic E-state index is 12.8. The highest BCUT2D eigenvalue weighted by Crippen LogP contribution is 2.33. The van der Waals surface area contributed by atoms with Crippen LogP contribution in [0.1, 0.15) is 18.5 Å². The quantitative estimate of drug-likeness (QED) is 0.749. The maximum atomic E-state index is 12.8. The molecule has 0 radical (unpaired) electrons. The molecule has 3 rings (SSSR count). The van der Waals surface area contributed by atoms with Crippen molar-refractivity contribution in [3.05, 3.63) is 75.4 Å². The lowest BCUT2D eigenvalue weighted by molar-refractivity contribution is -0.113. The van der Waals surface area contributed by atoms with E-state index < -0.39 is 12.1 Å². The van der Waals surface area contributed by atoms with E-state index in [0.717, 1.165) is 0 Å². The molecule has 128 valence electrons. The van der Waals surface area contributed by atoms with Gasteiger partial charge in [0.1, 0.15) is 0 Å². The Kier molecular flexibility index (Phi) is 4.97. The van der Waals surface area contributed by atoms with Gasteiger partial charge in [0.05, 0.1) is 11.6 Å². The number of amides is 3. The first-order chi connectivity index (χ1) is 12.0. The molecule has 2 aromatic rings. The Hall–Kier alpha value is -2.50. The number of allylic oxidation sites excluding steroid dienone is 1.